The Morgan fingerprint density at radius 1 is 1.00 bits per heavy atom. The van der Waals surface area contributed by atoms with Crippen molar-refractivity contribution >= 4 is 39.3 Å². The number of halogens is 1. The summed E-state index contributed by atoms with van der Waals surface area (Å²) in [5.74, 6) is 0. The molecule has 0 amide bonds. The van der Waals surface area contributed by atoms with Crippen LogP contribution in [0.3, 0.4) is 0 Å². The predicted molar refractivity (Wildman–Crippen MR) is 73.0 cm³/mol. The first-order chi connectivity index (χ1) is 8.81. The van der Waals surface area contributed by atoms with Gasteiger partial charge in [0.05, 0.1) is 11.0 Å². The molecular formula is C14H8ClN3. The van der Waals surface area contributed by atoms with Crippen molar-refractivity contribution in [3.63, 3.8) is 0 Å². The molecule has 3 nitrogen and oxygen atoms in total. The average Bonchev–Trinajstić information content (AvgIpc) is 2.72. The number of aromatic nitrogens is 3. The average molecular weight is 254 g/mol. The maximum Gasteiger partial charge on any atom is 0.179 e. The van der Waals surface area contributed by atoms with Crippen molar-refractivity contribution in [1.29, 1.82) is 0 Å². The molecule has 86 valence electrons. The molecule has 0 N–H and O–H groups in total. The molecule has 4 rings (SSSR count). The molecule has 4 aromatic rings. The van der Waals surface area contributed by atoms with Crippen LogP contribution in [0.5, 0.6) is 0 Å². The van der Waals surface area contributed by atoms with E-state index in [0.717, 1.165) is 27.7 Å². The minimum absolute atomic E-state index is 0.683. The van der Waals surface area contributed by atoms with Gasteiger partial charge >= 0.3 is 0 Å². The van der Waals surface area contributed by atoms with E-state index in [0.29, 0.717) is 5.02 Å². The monoisotopic (exact) mass is 253 g/mol. The fourth-order valence-electron chi connectivity index (χ4n) is 2.22. The van der Waals surface area contributed by atoms with Gasteiger partial charge in [-0.05, 0) is 18.2 Å². The molecule has 0 aliphatic heterocycles. The number of benzene rings is 1. The number of rotatable bonds is 0. The molecule has 0 bridgehead atoms. The van der Waals surface area contributed by atoms with Crippen molar-refractivity contribution in [2.45, 2.75) is 0 Å². The summed E-state index contributed by atoms with van der Waals surface area (Å²) in [5, 5.41) is 1.80. The van der Waals surface area contributed by atoms with E-state index < -0.39 is 0 Å². The molecular weight excluding hydrogens is 246 g/mol. The first-order valence-corrected chi connectivity index (χ1v) is 6.02. The lowest BCUT2D eigenvalue weighted by Gasteiger charge is -1.98. The molecule has 0 unspecified atom stereocenters. The first kappa shape index (κ1) is 9.85. The molecule has 0 fully saturated rings. The van der Waals surface area contributed by atoms with E-state index in [4.69, 9.17) is 11.6 Å². The highest BCUT2D eigenvalue weighted by atomic mass is 35.5. The highest BCUT2D eigenvalue weighted by Crippen LogP contribution is 2.22. The standard InChI is InChI=1S/C14H8ClN3/c15-10-5-6-18-12-7-9-3-1-2-4-11(9)16-14(12)17-13(18)8-10/h1-8H. The van der Waals surface area contributed by atoms with Gasteiger partial charge in [-0.3, -0.25) is 4.40 Å². The Morgan fingerprint density at radius 3 is 2.83 bits per heavy atom. The van der Waals surface area contributed by atoms with E-state index >= 15 is 0 Å². The van der Waals surface area contributed by atoms with Crippen molar-refractivity contribution in [1.82, 2.24) is 14.4 Å². The normalized spacial score (nSPS) is 11.6. The molecule has 3 aromatic heterocycles. The number of para-hydroxylation sites is 1. The molecule has 0 radical (unpaired) electrons. The number of imidazole rings is 1. The highest BCUT2D eigenvalue weighted by molar-refractivity contribution is 6.30. The van der Waals surface area contributed by atoms with E-state index in [2.05, 4.69) is 22.1 Å². The molecule has 0 spiro atoms. The van der Waals surface area contributed by atoms with Gasteiger partial charge in [-0.1, -0.05) is 29.8 Å². The lowest BCUT2D eigenvalue weighted by Crippen LogP contribution is -1.84. The minimum Gasteiger partial charge on any atom is -0.298 e. The third-order valence-corrected chi connectivity index (χ3v) is 3.30. The fraction of sp³-hybridized carbons (Fsp3) is 0. The second-order valence-electron chi connectivity index (χ2n) is 4.21. The van der Waals surface area contributed by atoms with E-state index in [1.807, 2.05) is 40.9 Å². The molecule has 4 heteroatoms. The van der Waals surface area contributed by atoms with Crippen LogP contribution in [0.1, 0.15) is 0 Å². The molecule has 1 aromatic carbocycles. The number of hydrogen-bond donors (Lipinski definition) is 0. The zero-order valence-corrected chi connectivity index (χ0v) is 10.1. The van der Waals surface area contributed by atoms with Crippen LogP contribution in [-0.4, -0.2) is 14.4 Å². The number of hydrogen-bond acceptors (Lipinski definition) is 2. The first-order valence-electron chi connectivity index (χ1n) is 5.64. The van der Waals surface area contributed by atoms with E-state index in [-0.39, 0.29) is 0 Å². The minimum atomic E-state index is 0.683. The Hall–Kier alpha value is -2.13. The summed E-state index contributed by atoms with van der Waals surface area (Å²) in [6.45, 7) is 0. The molecule has 0 atom stereocenters. The summed E-state index contributed by atoms with van der Waals surface area (Å²) >= 11 is 5.98. The molecule has 0 saturated carbocycles. The van der Waals surface area contributed by atoms with Crippen LogP contribution in [0.25, 0.3) is 27.7 Å². The van der Waals surface area contributed by atoms with Crippen LogP contribution in [0.4, 0.5) is 0 Å². The van der Waals surface area contributed by atoms with E-state index in [9.17, 15) is 0 Å². The number of pyridine rings is 2. The van der Waals surface area contributed by atoms with Crippen LogP contribution in [0.15, 0.2) is 48.7 Å². The molecule has 3 heterocycles. The molecule has 0 aliphatic rings. The number of nitrogens with zero attached hydrogens (tertiary/aromatic N) is 3. The number of fused-ring (bicyclic) bond motifs is 4. The van der Waals surface area contributed by atoms with Crippen molar-refractivity contribution in [3.8, 4) is 0 Å². The summed E-state index contributed by atoms with van der Waals surface area (Å²) in [5.41, 5.74) is 3.52. The SMILES string of the molecule is Clc1ccn2c(c1)nc1nc3ccccc3cc12. The zero-order valence-electron chi connectivity index (χ0n) is 9.34. The zero-order chi connectivity index (χ0) is 12.1. The summed E-state index contributed by atoms with van der Waals surface area (Å²) < 4.78 is 2.00. The van der Waals surface area contributed by atoms with Crippen molar-refractivity contribution in [2.24, 2.45) is 0 Å². The third kappa shape index (κ3) is 1.31. The van der Waals surface area contributed by atoms with Gasteiger partial charge in [0.15, 0.2) is 5.65 Å². The second-order valence-corrected chi connectivity index (χ2v) is 4.65. The van der Waals surface area contributed by atoms with Crippen molar-refractivity contribution < 1.29 is 0 Å². The van der Waals surface area contributed by atoms with Gasteiger partial charge < -0.3 is 0 Å². The van der Waals surface area contributed by atoms with Crippen LogP contribution in [0, 0.1) is 0 Å². The van der Waals surface area contributed by atoms with Gasteiger partial charge in [-0.2, -0.15) is 0 Å². The smallest absolute Gasteiger partial charge is 0.179 e. The van der Waals surface area contributed by atoms with Crippen molar-refractivity contribution in [3.05, 3.63) is 53.7 Å². The van der Waals surface area contributed by atoms with Gasteiger partial charge in [0.25, 0.3) is 0 Å². The van der Waals surface area contributed by atoms with E-state index in [1.54, 1.807) is 0 Å². The Labute approximate surface area is 108 Å². The van der Waals surface area contributed by atoms with Crippen LogP contribution in [0.2, 0.25) is 5.02 Å². The Kier molecular flexibility index (Phi) is 1.88. The quantitative estimate of drug-likeness (QED) is 0.478. The summed E-state index contributed by atoms with van der Waals surface area (Å²) in [4.78, 5) is 9.06. The van der Waals surface area contributed by atoms with Crippen LogP contribution < -0.4 is 0 Å². The lowest BCUT2D eigenvalue weighted by molar-refractivity contribution is 1.23. The summed E-state index contributed by atoms with van der Waals surface area (Å²) in [6, 6.07) is 13.8. The molecule has 18 heavy (non-hydrogen) atoms. The molecule has 0 saturated heterocycles. The van der Waals surface area contributed by atoms with E-state index in [1.165, 1.54) is 0 Å². The molecule has 0 aliphatic carbocycles. The van der Waals surface area contributed by atoms with Gasteiger partial charge in [0, 0.05) is 22.7 Å². The fourth-order valence-corrected chi connectivity index (χ4v) is 2.37. The van der Waals surface area contributed by atoms with Gasteiger partial charge in [0.1, 0.15) is 5.65 Å². The topological polar surface area (TPSA) is 30.2 Å². The third-order valence-electron chi connectivity index (χ3n) is 3.06. The maximum absolute atomic E-state index is 5.98. The van der Waals surface area contributed by atoms with Gasteiger partial charge in [0.2, 0.25) is 0 Å². The summed E-state index contributed by atoms with van der Waals surface area (Å²) in [7, 11) is 0. The lowest BCUT2D eigenvalue weighted by atomic mass is 10.2. The van der Waals surface area contributed by atoms with Gasteiger partial charge in [-0.15, -0.1) is 0 Å². The predicted octanol–water partition coefficient (Wildman–Crippen LogP) is 3.69. The Morgan fingerprint density at radius 2 is 1.89 bits per heavy atom. The van der Waals surface area contributed by atoms with Crippen LogP contribution >= 0.6 is 11.6 Å². The summed E-state index contributed by atoms with van der Waals surface area (Å²) in [6.07, 6.45) is 1.92. The van der Waals surface area contributed by atoms with Crippen molar-refractivity contribution in [2.75, 3.05) is 0 Å². The maximum atomic E-state index is 5.98. The second kappa shape index (κ2) is 3.43. The Balaban J connectivity index is 2.23. The van der Waals surface area contributed by atoms with Gasteiger partial charge in [-0.25, -0.2) is 9.97 Å². The Bertz CT molecular complexity index is 895. The largest absolute Gasteiger partial charge is 0.298 e. The van der Waals surface area contributed by atoms with Crippen LogP contribution in [-0.2, 0) is 0 Å². The highest BCUT2D eigenvalue weighted by Gasteiger charge is 2.07.